The molecule has 3 N–H and O–H groups in total. The molecule has 0 fully saturated rings. The van der Waals surface area contributed by atoms with Crippen LogP contribution in [0.2, 0.25) is 0 Å². The number of anilines is 1. The zero-order valence-electron chi connectivity index (χ0n) is 14.1. The smallest absolute Gasteiger partial charge is 0.335 e. The molecule has 7 nitrogen and oxygen atoms in total. The van der Waals surface area contributed by atoms with Crippen LogP contribution in [0.25, 0.3) is 0 Å². The number of carboxylic acids is 1. The first-order chi connectivity index (χ1) is 11.4. The SMILES string of the molecule is COCc1cc(NC(=O)CCCCCNC(C)=O)cc(C(=O)O)c1. The van der Waals surface area contributed by atoms with Crippen molar-refractivity contribution in [2.24, 2.45) is 0 Å². The number of rotatable bonds is 10. The van der Waals surface area contributed by atoms with Gasteiger partial charge in [0.1, 0.15) is 0 Å². The Bertz CT molecular complexity index is 586. The summed E-state index contributed by atoms with van der Waals surface area (Å²) in [4.78, 5) is 33.8. The normalized spacial score (nSPS) is 10.2. The molecule has 0 bridgehead atoms. The van der Waals surface area contributed by atoms with Gasteiger partial charge in [-0.2, -0.15) is 0 Å². The Morgan fingerprint density at radius 2 is 1.88 bits per heavy atom. The van der Waals surface area contributed by atoms with Gasteiger partial charge in [0.15, 0.2) is 0 Å². The fourth-order valence-electron chi connectivity index (χ4n) is 2.21. The molecule has 0 aliphatic heterocycles. The third-order valence-corrected chi connectivity index (χ3v) is 3.29. The minimum absolute atomic E-state index is 0.0575. The van der Waals surface area contributed by atoms with Crippen LogP contribution >= 0.6 is 0 Å². The van der Waals surface area contributed by atoms with Crippen molar-refractivity contribution in [2.45, 2.75) is 39.2 Å². The fraction of sp³-hybridized carbons (Fsp3) is 0.471. The third kappa shape index (κ3) is 7.73. The van der Waals surface area contributed by atoms with Gasteiger partial charge in [-0.3, -0.25) is 9.59 Å². The Balaban J connectivity index is 2.48. The summed E-state index contributed by atoms with van der Waals surface area (Å²) in [7, 11) is 1.52. The molecule has 0 saturated carbocycles. The summed E-state index contributed by atoms with van der Waals surface area (Å²) in [6, 6.07) is 4.64. The van der Waals surface area contributed by atoms with Gasteiger partial charge in [-0.15, -0.1) is 0 Å². The van der Waals surface area contributed by atoms with Crippen LogP contribution in [0, 0.1) is 0 Å². The zero-order chi connectivity index (χ0) is 17.9. The molecule has 0 aliphatic carbocycles. The van der Waals surface area contributed by atoms with Crippen LogP contribution in [0.4, 0.5) is 5.69 Å². The number of carbonyl (C=O) groups is 3. The maximum Gasteiger partial charge on any atom is 0.335 e. The Kier molecular flexibility index (Phi) is 8.49. The van der Waals surface area contributed by atoms with E-state index in [0.717, 1.165) is 12.8 Å². The highest BCUT2D eigenvalue weighted by atomic mass is 16.5. The Morgan fingerprint density at radius 1 is 1.12 bits per heavy atom. The molecule has 1 aromatic carbocycles. The highest BCUT2D eigenvalue weighted by molar-refractivity contribution is 5.94. The van der Waals surface area contributed by atoms with E-state index in [1.165, 1.54) is 26.2 Å². The molecule has 2 amide bonds. The van der Waals surface area contributed by atoms with Gasteiger partial charge in [-0.05, 0) is 36.6 Å². The number of hydrogen-bond donors (Lipinski definition) is 3. The van der Waals surface area contributed by atoms with Crippen LogP contribution in [0.15, 0.2) is 18.2 Å². The number of amides is 2. The number of hydrogen-bond acceptors (Lipinski definition) is 4. The number of methoxy groups -OCH3 is 1. The number of carboxylic acid groups (broad SMARTS) is 1. The van der Waals surface area contributed by atoms with E-state index in [1.54, 1.807) is 6.07 Å². The van der Waals surface area contributed by atoms with Crippen molar-refractivity contribution in [3.05, 3.63) is 29.3 Å². The molecule has 0 heterocycles. The summed E-state index contributed by atoms with van der Waals surface area (Å²) in [5.74, 6) is -1.28. The molecular weight excluding hydrogens is 312 g/mol. The molecule has 1 rings (SSSR count). The quantitative estimate of drug-likeness (QED) is 0.568. The third-order valence-electron chi connectivity index (χ3n) is 3.29. The van der Waals surface area contributed by atoms with Gasteiger partial charge in [0.2, 0.25) is 11.8 Å². The van der Waals surface area contributed by atoms with E-state index in [1.807, 2.05) is 0 Å². The van der Waals surface area contributed by atoms with Gasteiger partial charge >= 0.3 is 5.97 Å². The molecule has 24 heavy (non-hydrogen) atoms. The van der Waals surface area contributed by atoms with Crippen LogP contribution in [-0.2, 0) is 20.9 Å². The minimum atomic E-state index is -1.05. The lowest BCUT2D eigenvalue weighted by molar-refractivity contribution is -0.119. The van der Waals surface area contributed by atoms with Gasteiger partial charge in [-0.1, -0.05) is 6.42 Å². The fourth-order valence-corrected chi connectivity index (χ4v) is 2.21. The highest BCUT2D eigenvalue weighted by Gasteiger charge is 2.09. The molecule has 7 heteroatoms. The van der Waals surface area contributed by atoms with Gasteiger partial charge < -0.3 is 20.5 Å². The number of aromatic carboxylic acids is 1. The summed E-state index contributed by atoms with van der Waals surface area (Å²) in [6.45, 7) is 2.35. The van der Waals surface area contributed by atoms with Crippen LogP contribution in [-0.4, -0.2) is 36.5 Å². The van der Waals surface area contributed by atoms with Crippen LogP contribution < -0.4 is 10.6 Å². The monoisotopic (exact) mass is 336 g/mol. The number of nitrogens with one attached hydrogen (secondary N) is 2. The first-order valence-corrected chi connectivity index (χ1v) is 7.83. The Morgan fingerprint density at radius 3 is 2.50 bits per heavy atom. The van der Waals surface area contributed by atoms with Crippen molar-refractivity contribution in [3.8, 4) is 0 Å². The number of ether oxygens (including phenoxy) is 1. The lowest BCUT2D eigenvalue weighted by Crippen LogP contribution is -2.20. The summed E-state index contributed by atoms with van der Waals surface area (Å²) in [5.41, 5.74) is 1.24. The number of benzene rings is 1. The van der Waals surface area contributed by atoms with E-state index in [9.17, 15) is 14.4 Å². The maximum absolute atomic E-state index is 11.9. The lowest BCUT2D eigenvalue weighted by Gasteiger charge is -2.09. The van der Waals surface area contributed by atoms with E-state index >= 15 is 0 Å². The van der Waals surface area contributed by atoms with Crippen LogP contribution in [0.1, 0.15) is 48.5 Å². The first-order valence-electron chi connectivity index (χ1n) is 7.83. The molecule has 0 radical (unpaired) electrons. The zero-order valence-corrected chi connectivity index (χ0v) is 14.1. The van der Waals surface area contributed by atoms with E-state index in [-0.39, 0.29) is 24.0 Å². The lowest BCUT2D eigenvalue weighted by atomic mass is 10.1. The van der Waals surface area contributed by atoms with Crippen LogP contribution in [0.3, 0.4) is 0 Å². The predicted octanol–water partition coefficient (Wildman–Crippen LogP) is 2.17. The summed E-state index contributed by atoms with van der Waals surface area (Å²) in [6.07, 6.45) is 2.70. The van der Waals surface area contributed by atoms with Gasteiger partial charge in [-0.25, -0.2) is 4.79 Å². The van der Waals surface area contributed by atoms with Crippen molar-refractivity contribution >= 4 is 23.5 Å². The molecule has 0 saturated heterocycles. The minimum Gasteiger partial charge on any atom is -0.478 e. The molecule has 132 valence electrons. The Hall–Kier alpha value is -2.41. The second-order valence-electron chi connectivity index (χ2n) is 5.50. The molecule has 0 aromatic heterocycles. The number of carbonyl (C=O) groups excluding carboxylic acids is 2. The number of unbranched alkanes of at least 4 members (excludes halogenated alkanes) is 2. The molecule has 0 spiro atoms. The Labute approximate surface area is 141 Å². The summed E-state index contributed by atoms with van der Waals surface area (Å²) in [5, 5.41) is 14.5. The van der Waals surface area contributed by atoms with E-state index in [0.29, 0.717) is 30.6 Å². The van der Waals surface area contributed by atoms with Crippen molar-refractivity contribution < 1.29 is 24.2 Å². The maximum atomic E-state index is 11.9. The van der Waals surface area contributed by atoms with E-state index in [4.69, 9.17) is 9.84 Å². The predicted molar refractivity (Wildman–Crippen MR) is 89.9 cm³/mol. The van der Waals surface area contributed by atoms with Crippen molar-refractivity contribution in [1.82, 2.24) is 5.32 Å². The summed E-state index contributed by atoms with van der Waals surface area (Å²) >= 11 is 0. The topological polar surface area (TPSA) is 105 Å². The van der Waals surface area contributed by atoms with E-state index < -0.39 is 5.97 Å². The molecule has 0 atom stereocenters. The standard InChI is InChI=1S/C17H24N2O5/c1-12(20)18-7-5-3-4-6-16(21)19-15-9-13(11-24-2)8-14(10-15)17(22)23/h8-10H,3-7,11H2,1-2H3,(H,18,20)(H,19,21)(H,22,23). The van der Waals surface area contributed by atoms with Crippen molar-refractivity contribution in [2.75, 3.05) is 19.0 Å². The molecule has 0 aliphatic rings. The van der Waals surface area contributed by atoms with E-state index in [2.05, 4.69) is 10.6 Å². The van der Waals surface area contributed by atoms with Crippen molar-refractivity contribution in [1.29, 1.82) is 0 Å². The highest BCUT2D eigenvalue weighted by Crippen LogP contribution is 2.17. The molecule has 0 unspecified atom stereocenters. The first kappa shape index (κ1) is 19.6. The van der Waals surface area contributed by atoms with Gasteiger partial charge in [0, 0.05) is 32.7 Å². The average molecular weight is 336 g/mol. The second kappa shape index (κ2) is 10.4. The van der Waals surface area contributed by atoms with Crippen LogP contribution in [0.5, 0.6) is 0 Å². The van der Waals surface area contributed by atoms with Gasteiger partial charge in [0.25, 0.3) is 0 Å². The molecule has 1 aromatic rings. The second-order valence-corrected chi connectivity index (χ2v) is 5.50. The van der Waals surface area contributed by atoms with Gasteiger partial charge in [0.05, 0.1) is 12.2 Å². The largest absolute Gasteiger partial charge is 0.478 e. The molecular formula is C17H24N2O5. The summed E-state index contributed by atoms with van der Waals surface area (Å²) < 4.78 is 5.01. The van der Waals surface area contributed by atoms with Crippen molar-refractivity contribution in [3.63, 3.8) is 0 Å². The average Bonchev–Trinajstić information content (AvgIpc) is 2.50.